The highest BCUT2D eigenvalue weighted by atomic mass is 31.2. The highest BCUT2D eigenvalue weighted by molar-refractivity contribution is 7.53. The van der Waals surface area contributed by atoms with Gasteiger partial charge in [0.2, 0.25) is 0 Å². The minimum atomic E-state index is -2.97. The first-order valence-corrected chi connectivity index (χ1v) is 9.13. The van der Waals surface area contributed by atoms with Gasteiger partial charge in [-0.3, -0.25) is 9.36 Å². The van der Waals surface area contributed by atoms with Crippen molar-refractivity contribution < 1.29 is 18.4 Å². The zero-order valence-electron chi connectivity index (χ0n) is 13.3. The third-order valence-electron chi connectivity index (χ3n) is 3.29. The number of rotatable bonds is 9. The first-order valence-electron chi connectivity index (χ1n) is 7.40. The van der Waals surface area contributed by atoms with E-state index in [1.165, 1.54) is 0 Å². The fraction of sp³-hybridized carbons (Fsp3) is 0.562. The Labute approximate surface area is 127 Å². The Morgan fingerprint density at radius 1 is 1.19 bits per heavy atom. The Morgan fingerprint density at radius 2 is 1.81 bits per heavy atom. The molecule has 0 N–H and O–H groups in total. The Bertz CT molecular complexity index is 515. The van der Waals surface area contributed by atoms with Crippen LogP contribution in [-0.2, 0) is 20.0 Å². The third-order valence-corrected chi connectivity index (χ3v) is 5.45. The van der Waals surface area contributed by atoms with Crippen LogP contribution in [0.25, 0.3) is 0 Å². The highest BCUT2D eigenvalue weighted by Crippen LogP contribution is 2.48. The van der Waals surface area contributed by atoms with Gasteiger partial charge < -0.3 is 9.05 Å². The number of carbonyl (C=O) groups is 1. The molecule has 21 heavy (non-hydrogen) atoms. The van der Waals surface area contributed by atoms with E-state index in [0.717, 1.165) is 17.5 Å². The number of carbonyl (C=O) groups excluding carboxylic acids is 1. The van der Waals surface area contributed by atoms with Gasteiger partial charge in [-0.05, 0) is 57.7 Å². The average Bonchev–Trinajstić information content (AvgIpc) is 2.41. The van der Waals surface area contributed by atoms with Crippen molar-refractivity contribution in [2.45, 2.75) is 40.5 Å². The first kappa shape index (κ1) is 18.1. The van der Waals surface area contributed by atoms with Crippen molar-refractivity contribution in [3.63, 3.8) is 0 Å². The van der Waals surface area contributed by atoms with Crippen LogP contribution in [0.2, 0.25) is 0 Å². The molecule has 0 aromatic heterocycles. The van der Waals surface area contributed by atoms with Crippen LogP contribution in [0, 0.1) is 6.92 Å². The molecule has 118 valence electrons. The Balaban J connectivity index is 2.68. The summed E-state index contributed by atoms with van der Waals surface area (Å²) < 4.78 is 22.9. The van der Waals surface area contributed by atoms with Crippen LogP contribution in [0.4, 0.5) is 0 Å². The van der Waals surface area contributed by atoms with Crippen molar-refractivity contribution in [2.24, 2.45) is 0 Å². The summed E-state index contributed by atoms with van der Waals surface area (Å²) in [5, 5.41) is 0. The molecule has 0 atom stereocenters. The van der Waals surface area contributed by atoms with E-state index in [-0.39, 0.29) is 5.78 Å². The van der Waals surface area contributed by atoms with Crippen molar-refractivity contribution in [1.29, 1.82) is 0 Å². The van der Waals surface area contributed by atoms with E-state index in [1.807, 2.05) is 39.0 Å². The van der Waals surface area contributed by atoms with Gasteiger partial charge in [0.1, 0.15) is 0 Å². The molecule has 0 heterocycles. The van der Waals surface area contributed by atoms with Gasteiger partial charge in [0, 0.05) is 5.56 Å². The molecule has 0 saturated heterocycles. The van der Waals surface area contributed by atoms with Crippen molar-refractivity contribution in [3.8, 4) is 0 Å². The van der Waals surface area contributed by atoms with E-state index in [2.05, 4.69) is 0 Å². The summed E-state index contributed by atoms with van der Waals surface area (Å²) in [6, 6.07) is 5.72. The van der Waals surface area contributed by atoms with Crippen molar-refractivity contribution in [3.05, 3.63) is 34.9 Å². The summed E-state index contributed by atoms with van der Waals surface area (Å²) in [4.78, 5) is 11.4. The number of Topliss-reactive ketones (excluding diaryl/α,β-unsaturated/α-hetero) is 1. The monoisotopic (exact) mass is 312 g/mol. The van der Waals surface area contributed by atoms with Crippen molar-refractivity contribution >= 4 is 13.4 Å². The molecule has 0 unspecified atom stereocenters. The predicted octanol–water partition coefficient (Wildman–Crippen LogP) is 4.40. The predicted molar refractivity (Wildman–Crippen MR) is 85.2 cm³/mol. The summed E-state index contributed by atoms with van der Waals surface area (Å²) in [6.45, 7) is 7.97. The lowest BCUT2D eigenvalue weighted by atomic mass is 10.00. The smallest absolute Gasteiger partial charge is 0.309 e. The molecule has 1 aromatic rings. The molecule has 0 radical (unpaired) electrons. The maximum absolute atomic E-state index is 12.4. The quantitative estimate of drug-likeness (QED) is 0.501. The molecule has 0 aliphatic heterocycles. The van der Waals surface area contributed by atoms with Crippen LogP contribution in [0.1, 0.15) is 48.7 Å². The molecule has 1 rings (SSSR count). The van der Waals surface area contributed by atoms with Gasteiger partial charge in [-0.25, -0.2) is 0 Å². The van der Waals surface area contributed by atoms with Crippen molar-refractivity contribution in [1.82, 2.24) is 0 Å². The molecule has 0 amide bonds. The average molecular weight is 312 g/mol. The van der Waals surface area contributed by atoms with Crippen LogP contribution < -0.4 is 0 Å². The fourth-order valence-electron chi connectivity index (χ4n) is 2.18. The van der Waals surface area contributed by atoms with Crippen LogP contribution >= 0.6 is 7.60 Å². The lowest BCUT2D eigenvalue weighted by Crippen LogP contribution is -2.03. The highest BCUT2D eigenvalue weighted by Gasteiger charge is 2.22. The number of hydrogen-bond donors (Lipinski definition) is 0. The summed E-state index contributed by atoms with van der Waals surface area (Å²) in [5.41, 5.74) is 2.97. The molecule has 0 bridgehead atoms. The van der Waals surface area contributed by atoms with E-state index in [4.69, 9.17) is 9.05 Å². The minimum absolute atomic E-state index is 0.0607. The molecule has 0 spiro atoms. The van der Waals surface area contributed by atoms with E-state index in [9.17, 15) is 9.36 Å². The first-order chi connectivity index (χ1) is 9.91. The largest absolute Gasteiger partial charge is 0.330 e. The van der Waals surface area contributed by atoms with Gasteiger partial charge in [-0.2, -0.15) is 0 Å². The number of hydrogen-bond acceptors (Lipinski definition) is 4. The molecular formula is C16H25O4P. The summed E-state index contributed by atoms with van der Waals surface area (Å²) >= 11 is 0. The Morgan fingerprint density at radius 3 is 2.33 bits per heavy atom. The van der Waals surface area contributed by atoms with Gasteiger partial charge in [-0.1, -0.05) is 12.1 Å². The fourth-order valence-corrected chi connectivity index (χ4v) is 3.85. The Hall–Kier alpha value is -0.960. The maximum Gasteiger partial charge on any atom is 0.330 e. The van der Waals surface area contributed by atoms with E-state index >= 15 is 0 Å². The maximum atomic E-state index is 12.4. The lowest BCUT2D eigenvalue weighted by molar-refractivity contribution is 0.101. The third kappa shape index (κ3) is 5.74. The molecule has 0 aliphatic rings. The van der Waals surface area contributed by atoms with Crippen molar-refractivity contribution in [2.75, 3.05) is 19.4 Å². The van der Waals surface area contributed by atoms with Crippen LogP contribution in [-0.4, -0.2) is 25.2 Å². The molecule has 5 heteroatoms. The van der Waals surface area contributed by atoms with Crippen LogP contribution in [0.5, 0.6) is 0 Å². The van der Waals surface area contributed by atoms with Gasteiger partial charge in [0.15, 0.2) is 5.78 Å². The second-order valence-corrected chi connectivity index (χ2v) is 7.16. The zero-order chi connectivity index (χ0) is 15.9. The minimum Gasteiger partial charge on any atom is -0.309 e. The van der Waals surface area contributed by atoms with E-state index in [1.54, 1.807) is 6.92 Å². The molecular weight excluding hydrogens is 287 g/mol. The molecule has 0 saturated carbocycles. The number of benzene rings is 1. The lowest BCUT2D eigenvalue weighted by Gasteiger charge is -2.17. The topological polar surface area (TPSA) is 52.6 Å². The standard InChI is InChI=1S/C16H25O4P/c1-5-19-21(18,20-6-2)11-7-8-15-12-16(14(4)17)10-9-13(15)3/h9-10,12H,5-8,11H2,1-4H3. The molecule has 4 nitrogen and oxygen atoms in total. The number of ketones is 1. The normalized spacial score (nSPS) is 11.6. The molecule has 0 aliphatic carbocycles. The summed E-state index contributed by atoms with van der Waals surface area (Å²) in [6.07, 6.45) is 1.87. The van der Waals surface area contributed by atoms with E-state index in [0.29, 0.717) is 31.4 Å². The van der Waals surface area contributed by atoms with Crippen LogP contribution in [0.15, 0.2) is 18.2 Å². The van der Waals surface area contributed by atoms with Gasteiger partial charge in [0.05, 0.1) is 19.4 Å². The van der Waals surface area contributed by atoms with Gasteiger partial charge in [-0.15, -0.1) is 0 Å². The Kier molecular flexibility index (Phi) is 7.30. The van der Waals surface area contributed by atoms with Gasteiger partial charge in [0.25, 0.3) is 0 Å². The SMILES string of the molecule is CCOP(=O)(CCCc1cc(C(C)=O)ccc1C)OCC. The number of aryl methyl sites for hydroxylation is 2. The van der Waals surface area contributed by atoms with Crippen LogP contribution in [0.3, 0.4) is 0 Å². The second-order valence-electron chi connectivity index (χ2n) is 4.97. The van der Waals surface area contributed by atoms with Gasteiger partial charge >= 0.3 is 7.60 Å². The molecule has 1 aromatic carbocycles. The second kappa shape index (κ2) is 8.47. The summed E-state index contributed by atoms with van der Waals surface area (Å²) in [7, 11) is -2.97. The molecule has 0 fully saturated rings. The van der Waals surface area contributed by atoms with E-state index < -0.39 is 7.60 Å². The zero-order valence-corrected chi connectivity index (χ0v) is 14.2. The summed E-state index contributed by atoms with van der Waals surface area (Å²) in [5.74, 6) is 0.0607.